The van der Waals surface area contributed by atoms with Crippen molar-refractivity contribution < 1.29 is 9.13 Å². The zero-order valence-electron chi connectivity index (χ0n) is 9.03. The smallest absolute Gasteiger partial charge is 0.130 e. The molecule has 0 atom stereocenters. The Labute approximate surface area is 93.0 Å². The number of hydrogen-bond donors (Lipinski definition) is 1. The molecule has 0 aliphatic carbocycles. The quantitative estimate of drug-likeness (QED) is 0.862. The van der Waals surface area contributed by atoms with E-state index in [1.54, 1.807) is 12.1 Å². The maximum Gasteiger partial charge on any atom is 0.130 e. The molecule has 16 heavy (non-hydrogen) atoms. The van der Waals surface area contributed by atoms with Gasteiger partial charge in [0.25, 0.3) is 0 Å². The molecule has 3 nitrogen and oxygen atoms in total. The number of nitrogens with zero attached hydrogens (tertiary/aromatic N) is 1. The normalized spacial score (nSPS) is 10.7. The zero-order valence-corrected chi connectivity index (χ0v) is 9.03. The van der Waals surface area contributed by atoms with Gasteiger partial charge < -0.3 is 10.5 Å². The van der Waals surface area contributed by atoms with Gasteiger partial charge in [-0.15, -0.1) is 0 Å². The van der Waals surface area contributed by atoms with Gasteiger partial charge in [-0.05, 0) is 19.1 Å². The average molecular weight is 220 g/mol. The second-order valence-corrected chi connectivity index (χ2v) is 3.41. The Bertz CT molecular complexity index is 514. The van der Waals surface area contributed by atoms with E-state index in [1.165, 1.54) is 12.1 Å². The lowest BCUT2D eigenvalue weighted by atomic mass is 10.1. The summed E-state index contributed by atoms with van der Waals surface area (Å²) in [4.78, 5) is 4.25. The molecule has 0 spiro atoms. The number of benzene rings is 1. The summed E-state index contributed by atoms with van der Waals surface area (Å²) in [5.74, 6) is 0.393. The number of aromatic nitrogens is 1. The minimum Gasteiger partial charge on any atom is -0.493 e. The van der Waals surface area contributed by atoms with Gasteiger partial charge in [0.05, 0.1) is 17.8 Å². The fourth-order valence-corrected chi connectivity index (χ4v) is 1.60. The molecule has 0 bridgehead atoms. The molecule has 4 heteroatoms. The van der Waals surface area contributed by atoms with Gasteiger partial charge in [-0.1, -0.05) is 0 Å². The molecule has 84 valence electrons. The number of fused-ring (bicyclic) bond motifs is 1. The van der Waals surface area contributed by atoms with Crippen LogP contribution in [0.25, 0.3) is 10.9 Å². The summed E-state index contributed by atoms with van der Waals surface area (Å²) in [6.45, 7) is 2.77. The topological polar surface area (TPSA) is 48.1 Å². The molecule has 0 radical (unpaired) electrons. The minimum absolute atomic E-state index is 0.309. The van der Waals surface area contributed by atoms with Crippen LogP contribution in [-0.2, 0) is 6.54 Å². The molecule has 1 heterocycles. The lowest BCUT2D eigenvalue weighted by Crippen LogP contribution is -2.02. The standard InChI is InChI=1S/C12H13FN2O/c1-2-16-12-6-9(7-14)15-11-5-8(13)3-4-10(11)12/h3-6H,2,7,14H2,1H3. The Morgan fingerprint density at radius 2 is 2.19 bits per heavy atom. The van der Waals surface area contributed by atoms with Crippen molar-refractivity contribution >= 4 is 10.9 Å². The first-order chi connectivity index (χ1) is 7.74. The van der Waals surface area contributed by atoms with E-state index in [2.05, 4.69) is 4.98 Å². The third-order valence-electron chi connectivity index (χ3n) is 2.30. The molecular weight excluding hydrogens is 207 g/mol. The molecule has 0 saturated carbocycles. The largest absolute Gasteiger partial charge is 0.493 e. The van der Waals surface area contributed by atoms with E-state index in [0.29, 0.717) is 30.1 Å². The molecule has 0 amide bonds. The number of ether oxygens (including phenoxy) is 1. The van der Waals surface area contributed by atoms with E-state index < -0.39 is 0 Å². The van der Waals surface area contributed by atoms with Crippen LogP contribution in [0.3, 0.4) is 0 Å². The molecule has 0 aliphatic heterocycles. The fraction of sp³-hybridized carbons (Fsp3) is 0.250. The van der Waals surface area contributed by atoms with Crippen molar-refractivity contribution in [3.05, 3.63) is 35.8 Å². The van der Waals surface area contributed by atoms with E-state index in [0.717, 1.165) is 5.39 Å². The van der Waals surface area contributed by atoms with E-state index in [-0.39, 0.29) is 5.82 Å². The first-order valence-corrected chi connectivity index (χ1v) is 5.16. The Morgan fingerprint density at radius 1 is 1.38 bits per heavy atom. The number of pyridine rings is 1. The van der Waals surface area contributed by atoms with Crippen molar-refractivity contribution in [2.24, 2.45) is 5.73 Å². The summed E-state index contributed by atoms with van der Waals surface area (Å²) in [5.41, 5.74) is 6.80. The van der Waals surface area contributed by atoms with Crippen LogP contribution in [0.1, 0.15) is 12.6 Å². The Balaban J connectivity index is 2.66. The number of rotatable bonds is 3. The van der Waals surface area contributed by atoms with Gasteiger partial charge in [0.1, 0.15) is 11.6 Å². The molecule has 2 aromatic rings. The fourth-order valence-electron chi connectivity index (χ4n) is 1.60. The van der Waals surface area contributed by atoms with Gasteiger partial charge in [-0.3, -0.25) is 4.98 Å². The third-order valence-corrected chi connectivity index (χ3v) is 2.30. The number of halogens is 1. The van der Waals surface area contributed by atoms with Crippen LogP contribution in [0.4, 0.5) is 4.39 Å². The maximum absolute atomic E-state index is 13.1. The monoisotopic (exact) mass is 220 g/mol. The first kappa shape index (κ1) is 10.8. The summed E-state index contributed by atoms with van der Waals surface area (Å²) < 4.78 is 18.6. The van der Waals surface area contributed by atoms with Crippen molar-refractivity contribution in [2.45, 2.75) is 13.5 Å². The van der Waals surface area contributed by atoms with Crippen LogP contribution in [0.2, 0.25) is 0 Å². The van der Waals surface area contributed by atoms with Gasteiger partial charge in [-0.2, -0.15) is 0 Å². The highest BCUT2D eigenvalue weighted by Crippen LogP contribution is 2.26. The zero-order chi connectivity index (χ0) is 11.5. The SMILES string of the molecule is CCOc1cc(CN)nc2cc(F)ccc12. The highest BCUT2D eigenvalue weighted by Gasteiger charge is 2.06. The predicted octanol–water partition coefficient (Wildman–Crippen LogP) is 2.23. The first-order valence-electron chi connectivity index (χ1n) is 5.16. The molecule has 0 aliphatic rings. The number of nitrogens with two attached hydrogens (primary N) is 1. The van der Waals surface area contributed by atoms with Crippen molar-refractivity contribution in [2.75, 3.05) is 6.61 Å². The minimum atomic E-state index is -0.309. The van der Waals surface area contributed by atoms with Crippen LogP contribution in [0.5, 0.6) is 5.75 Å². The molecule has 0 fully saturated rings. The lowest BCUT2D eigenvalue weighted by Gasteiger charge is -2.09. The van der Waals surface area contributed by atoms with Gasteiger partial charge >= 0.3 is 0 Å². The van der Waals surface area contributed by atoms with E-state index in [9.17, 15) is 4.39 Å². The Kier molecular flexibility index (Phi) is 3.01. The molecule has 1 aromatic heterocycles. The lowest BCUT2D eigenvalue weighted by molar-refractivity contribution is 0.343. The molecule has 2 rings (SSSR count). The molecule has 0 saturated heterocycles. The molecule has 0 unspecified atom stereocenters. The van der Waals surface area contributed by atoms with Crippen LogP contribution in [0, 0.1) is 5.82 Å². The summed E-state index contributed by atoms with van der Waals surface area (Å²) in [5, 5.41) is 0.806. The Morgan fingerprint density at radius 3 is 2.88 bits per heavy atom. The highest BCUT2D eigenvalue weighted by atomic mass is 19.1. The average Bonchev–Trinajstić information content (AvgIpc) is 2.28. The van der Waals surface area contributed by atoms with Crippen LogP contribution >= 0.6 is 0 Å². The van der Waals surface area contributed by atoms with Gasteiger partial charge in [0.15, 0.2) is 0 Å². The molecular formula is C12H13FN2O. The van der Waals surface area contributed by atoms with Crippen molar-refractivity contribution in [1.82, 2.24) is 4.98 Å². The van der Waals surface area contributed by atoms with Crippen molar-refractivity contribution in [1.29, 1.82) is 0 Å². The van der Waals surface area contributed by atoms with E-state index >= 15 is 0 Å². The maximum atomic E-state index is 13.1. The van der Waals surface area contributed by atoms with Crippen LogP contribution in [-0.4, -0.2) is 11.6 Å². The number of hydrogen-bond acceptors (Lipinski definition) is 3. The second-order valence-electron chi connectivity index (χ2n) is 3.41. The highest BCUT2D eigenvalue weighted by molar-refractivity contribution is 5.85. The summed E-state index contributed by atoms with van der Waals surface area (Å²) >= 11 is 0. The second kappa shape index (κ2) is 4.45. The summed E-state index contributed by atoms with van der Waals surface area (Å²) in [6.07, 6.45) is 0. The summed E-state index contributed by atoms with van der Waals surface area (Å²) in [6, 6.07) is 6.25. The predicted molar refractivity (Wildman–Crippen MR) is 60.8 cm³/mol. The van der Waals surface area contributed by atoms with Crippen molar-refractivity contribution in [3.63, 3.8) is 0 Å². The van der Waals surface area contributed by atoms with E-state index in [1.807, 2.05) is 6.92 Å². The van der Waals surface area contributed by atoms with Gasteiger partial charge in [0.2, 0.25) is 0 Å². The molecule has 1 aromatic carbocycles. The molecule has 2 N–H and O–H groups in total. The van der Waals surface area contributed by atoms with E-state index in [4.69, 9.17) is 10.5 Å². The van der Waals surface area contributed by atoms with Crippen LogP contribution in [0.15, 0.2) is 24.3 Å². The third kappa shape index (κ3) is 1.97. The van der Waals surface area contributed by atoms with Crippen LogP contribution < -0.4 is 10.5 Å². The van der Waals surface area contributed by atoms with Gasteiger partial charge in [0, 0.05) is 24.1 Å². The summed E-state index contributed by atoms with van der Waals surface area (Å²) in [7, 11) is 0. The van der Waals surface area contributed by atoms with Crippen molar-refractivity contribution in [3.8, 4) is 5.75 Å². The Hall–Kier alpha value is -1.68. The van der Waals surface area contributed by atoms with Gasteiger partial charge in [-0.25, -0.2) is 4.39 Å².